The van der Waals surface area contributed by atoms with Gasteiger partial charge in [-0.15, -0.1) is 0 Å². The molecule has 1 aliphatic rings. The van der Waals surface area contributed by atoms with E-state index in [0.717, 1.165) is 0 Å². The first-order valence-electron chi connectivity index (χ1n) is 2.23. The molecule has 2 heteroatoms. The SMILES string of the molecule is [B]1CCC=CN1. The van der Waals surface area contributed by atoms with E-state index < -0.39 is 0 Å². The molecule has 0 saturated carbocycles. The minimum atomic E-state index is 1.18. The van der Waals surface area contributed by atoms with Gasteiger partial charge in [-0.05, 0) is 12.6 Å². The lowest BCUT2D eigenvalue weighted by Gasteiger charge is -1.99. The Morgan fingerprint density at radius 1 is 1.67 bits per heavy atom. The van der Waals surface area contributed by atoms with Crippen LogP contribution >= 0.6 is 0 Å². The average molecular weight is 79.9 g/mol. The second-order valence-corrected chi connectivity index (χ2v) is 1.35. The summed E-state index contributed by atoms with van der Waals surface area (Å²) >= 11 is 0. The summed E-state index contributed by atoms with van der Waals surface area (Å²) in [6.45, 7) is 0. The maximum absolute atomic E-state index is 2.98. The molecular weight excluding hydrogens is 72.9 g/mol. The lowest BCUT2D eigenvalue weighted by atomic mass is 9.85. The second-order valence-electron chi connectivity index (χ2n) is 1.35. The molecule has 0 aromatic heterocycles. The Balaban J connectivity index is 2.26. The fraction of sp³-hybridized carbons (Fsp3) is 0.500. The zero-order chi connectivity index (χ0) is 4.24. The van der Waals surface area contributed by atoms with E-state index in [1.165, 1.54) is 12.7 Å². The molecule has 0 fully saturated rings. The summed E-state index contributed by atoms with van der Waals surface area (Å²) in [5.41, 5.74) is 0. The smallest absolute Gasteiger partial charge is 0.242 e. The molecule has 0 bridgehead atoms. The maximum Gasteiger partial charge on any atom is 0.242 e. The third-order valence-corrected chi connectivity index (χ3v) is 0.810. The summed E-state index contributed by atoms with van der Waals surface area (Å²) in [6.07, 6.45) is 6.47. The van der Waals surface area contributed by atoms with Crippen LogP contribution in [0.1, 0.15) is 6.42 Å². The molecule has 0 atom stereocenters. The number of nitrogens with one attached hydrogen (secondary N) is 1. The van der Waals surface area contributed by atoms with Crippen LogP contribution in [0.3, 0.4) is 0 Å². The molecule has 1 nitrogen and oxygen atoms in total. The Kier molecular flexibility index (Phi) is 1.20. The summed E-state index contributed by atoms with van der Waals surface area (Å²) in [5, 5.41) is 2.98. The molecule has 6 heavy (non-hydrogen) atoms. The van der Waals surface area contributed by atoms with E-state index >= 15 is 0 Å². The lowest BCUT2D eigenvalue weighted by Crippen LogP contribution is -2.13. The Morgan fingerprint density at radius 3 is 2.83 bits per heavy atom. The third-order valence-electron chi connectivity index (χ3n) is 0.810. The fourth-order valence-corrected chi connectivity index (χ4v) is 0.482. The monoisotopic (exact) mass is 80.1 g/mol. The summed E-state index contributed by atoms with van der Waals surface area (Å²) < 4.78 is 0. The van der Waals surface area contributed by atoms with Gasteiger partial charge in [-0.2, -0.15) is 0 Å². The molecule has 1 rings (SSSR count). The van der Waals surface area contributed by atoms with Gasteiger partial charge in [0.05, 0.1) is 0 Å². The van der Waals surface area contributed by atoms with Crippen molar-refractivity contribution >= 4 is 7.41 Å². The topological polar surface area (TPSA) is 12.0 Å². The van der Waals surface area contributed by atoms with E-state index in [9.17, 15) is 0 Å². The van der Waals surface area contributed by atoms with Crippen LogP contribution in [0, 0.1) is 0 Å². The predicted octanol–water partition coefficient (Wildman–Crippen LogP) is 0.531. The van der Waals surface area contributed by atoms with Crippen LogP contribution in [0.5, 0.6) is 0 Å². The highest BCUT2D eigenvalue weighted by molar-refractivity contribution is 6.32. The van der Waals surface area contributed by atoms with Crippen molar-refractivity contribution in [3.63, 3.8) is 0 Å². The van der Waals surface area contributed by atoms with Crippen LogP contribution < -0.4 is 5.23 Å². The van der Waals surface area contributed by atoms with Crippen molar-refractivity contribution in [3.8, 4) is 0 Å². The summed E-state index contributed by atoms with van der Waals surface area (Å²) in [6, 6.07) is 0. The van der Waals surface area contributed by atoms with Gasteiger partial charge in [0.1, 0.15) is 0 Å². The van der Waals surface area contributed by atoms with Crippen LogP contribution in [0.15, 0.2) is 12.3 Å². The first-order valence-corrected chi connectivity index (χ1v) is 2.23. The van der Waals surface area contributed by atoms with Gasteiger partial charge in [-0.1, -0.05) is 12.4 Å². The van der Waals surface area contributed by atoms with Crippen LogP contribution in [0.25, 0.3) is 0 Å². The van der Waals surface area contributed by atoms with Crippen molar-refractivity contribution in [1.82, 2.24) is 5.23 Å². The van der Waals surface area contributed by atoms with Gasteiger partial charge in [0.2, 0.25) is 7.41 Å². The summed E-state index contributed by atoms with van der Waals surface area (Å²) in [4.78, 5) is 0. The number of rotatable bonds is 0. The molecule has 1 radical (unpaired) electrons. The second kappa shape index (κ2) is 1.90. The molecule has 0 aliphatic carbocycles. The van der Waals surface area contributed by atoms with E-state index in [2.05, 4.69) is 18.7 Å². The normalized spacial score (nSPS) is 18.7. The van der Waals surface area contributed by atoms with Crippen LogP contribution in [0.2, 0.25) is 6.32 Å². The average Bonchev–Trinajstić information content (AvgIpc) is 1.72. The first kappa shape index (κ1) is 3.78. The van der Waals surface area contributed by atoms with Crippen molar-refractivity contribution in [2.75, 3.05) is 0 Å². The van der Waals surface area contributed by atoms with Crippen LogP contribution in [-0.2, 0) is 0 Å². The Morgan fingerprint density at radius 2 is 2.67 bits per heavy atom. The minimum Gasteiger partial charge on any atom is -0.438 e. The maximum atomic E-state index is 2.98. The molecule has 31 valence electrons. The molecule has 1 N–H and O–H groups in total. The zero-order valence-corrected chi connectivity index (χ0v) is 3.65. The first-order chi connectivity index (χ1) is 3.00. The van der Waals surface area contributed by atoms with Crippen molar-refractivity contribution in [2.24, 2.45) is 0 Å². The Hall–Kier alpha value is -0.395. The standard InChI is InChI=1S/C4H7BN/c1-2-4-6-5-3-1/h2,4,6H,1,3H2. The van der Waals surface area contributed by atoms with Crippen LogP contribution in [0.4, 0.5) is 0 Å². The number of hydrogen-bond donors (Lipinski definition) is 1. The molecule has 0 aromatic carbocycles. The van der Waals surface area contributed by atoms with Crippen molar-refractivity contribution in [2.45, 2.75) is 12.7 Å². The van der Waals surface area contributed by atoms with Gasteiger partial charge >= 0.3 is 0 Å². The van der Waals surface area contributed by atoms with Crippen molar-refractivity contribution < 1.29 is 0 Å². The van der Waals surface area contributed by atoms with E-state index in [1.807, 2.05) is 6.20 Å². The largest absolute Gasteiger partial charge is 0.438 e. The van der Waals surface area contributed by atoms with Gasteiger partial charge in [0.15, 0.2) is 0 Å². The summed E-state index contributed by atoms with van der Waals surface area (Å²) in [5.74, 6) is 0. The lowest BCUT2D eigenvalue weighted by molar-refractivity contribution is 1.10. The highest BCUT2D eigenvalue weighted by Crippen LogP contribution is 1.91. The zero-order valence-electron chi connectivity index (χ0n) is 3.65. The quantitative estimate of drug-likeness (QED) is 0.418. The van der Waals surface area contributed by atoms with Crippen molar-refractivity contribution in [3.05, 3.63) is 12.3 Å². The Bertz CT molecular complexity index is 52.6. The molecule has 1 aliphatic heterocycles. The third kappa shape index (κ3) is 0.779. The van der Waals surface area contributed by atoms with E-state index in [1.54, 1.807) is 0 Å². The summed E-state index contributed by atoms with van der Waals surface area (Å²) in [7, 11) is 2.06. The molecule has 0 unspecified atom stereocenters. The fourth-order valence-electron chi connectivity index (χ4n) is 0.482. The molecule has 1 heterocycles. The highest BCUT2D eigenvalue weighted by Gasteiger charge is 1.88. The molecule has 0 amide bonds. The van der Waals surface area contributed by atoms with Gasteiger partial charge in [-0.25, -0.2) is 0 Å². The van der Waals surface area contributed by atoms with Gasteiger partial charge in [0, 0.05) is 0 Å². The van der Waals surface area contributed by atoms with Gasteiger partial charge in [-0.3, -0.25) is 0 Å². The van der Waals surface area contributed by atoms with Gasteiger partial charge in [0.25, 0.3) is 0 Å². The molecule has 0 spiro atoms. The molecule has 0 aromatic rings. The molecule has 0 saturated heterocycles. The van der Waals surface area contributed by atoms with E-state index in [0.29, 0.717) is 0 Å². The minimum absolute atomic E-state index is 1.18. The number of hydrogen-bond acceptors (Lipinski definition) is 1. The molecular formula is C4H7BN. The van der Waals surface area contributed by atoms with E-state index in [-0.39, 0.29) is 0 Å². The number of allylic oxidation sites excluding steroid dienone is 1. The van der Waals surface area contributed by atoms with Gasteiger partial charge < -0.3 is 5.23 Å². The highest BCUT2D eigenvalue weighted by atomic mass is 14.7. The van der Waals surface area contributed by atoms with E-state index in [4.69, 9.17) is 0 Å². The van der Waals surface area contributed by atoms with Crippen molar-refractivity contribution in [1.29, 1.82) is 0 Å². The van der Waals surface area contributed by atoms with Crippen LogP contribution in [-0.4, -0.2) is 7.41 Å². The predicted molar refractivity (Wildman–Crippen MR) is 27.5 cm³/mol. The Labute approximate surface area is 38.7 Å².